The van der Waals surface area contributed by atoms with Crippen molar-refractivity contribution in [1.29, 1.82) is 0 Å². The number of hydrogen-bond donors (Lipinski definition) is 2. The van der Waals surface area contributed by atoms with Gasteiger partial charge in [0.15, 0.2) is 0 Å². The topological polar surface area (TPSA) is 68.7 Å². The highest BCUT2D eigenvalue weighted by Crippen LogP contribution is 2.27. The van der Waals surface area contributed by atoms with Gasteiger partial charge in [-0.15, -0.1) is 0 Å². The molecule has 144 valence electrons. The number of hydrogen-bond acceptors (Lipinski definition) is 4. The molecule has 1 fully saturated rings. The summed E-state index contributed by atoms with van der Waals surface area (Å²) in [4.78, 5) is 21.6. The van der Waals surface area contributed by atoms with Gasteiger partial charge >= 0.3 is 0 Å². The quantitative estimate of drug-likeness (QED) is 0.413. The zero-order chi connectivity index (χ0) is 19.7. The van der Waals surface area contributed by atoms with Crippen LogP contribution < -0.4 is 5.56 Å². The van der Waals surface area contributed by atoms with Crippen LogP contribution in [0.3, 0.4) is 0 Å². The van der Waals surface area contributed by atoms with E-state index in [1.807, 2.05) is 24.3 Å². The number of H-pyrrole nitrogens is 1. The normalized spacial score (nSPS) is 16.2. The molecule has 0 amide bonds. The van der Waals surface area contributed by atoms with Gasteiger partial charge in [0.25, 0.3) is 5.56 Å². The summed E-state index contributed by atoms with van der Waals surface area (Å²) in [7, 11) is 0. The van der Waals surface area contributed by atoms with E-state index in [2.05, 4.69) is 56.5 Å². The van der Waals surface area contributed by atoms with E-state index in [1.165, 1.54) is 31.5 Å². The molecular formula is C22H22IN3O2. The molecule has 0 radical (unpaired) electrons. The summed E-state index contributed by atoms with van der Waals surface area (Å²) >= 11 is 2.19. The van der Waals surface area contributed by atoms with Crippen LogP contribution in [0.1, 0.15) is 36.9 Å². The Morgan fingerprint density at radius 3 is 2.57 bits per heavy atom. The summed E-state index contributed by atoms with van der Waals surface area (Å²) in [5, 5.41) is 11.5. The van der Waals surface area contributed by atoms with Crippen molar-refractivity contribution in [3.05, 3.63) is 67.5 Å². The van der Waals surface area contributed by atoms with Crippen molar-refractivity contribution in [2.45, 2.75) is 25.8 Å². The lowest BCUT2D eigenvalue weighted by Crippen LogP contribution is -2.23. The molecule has 0 aliphatic carbocycles. The van der Waals surface area contributed by atoms with Gasteiger partial charge in [0.2, 0.25) is 5.88 Å². The third-order valence-electron chi connectivity index (χ3n) is 5.41. The van der Waals surface area contributed by atoms with Gasteiger partial charge in [-0.2, -0.15) is 0 Å². The Hall–Kier alpha value is -2.19. The zero-order valence-electron chi connectivity index (χ0n) is 15.7. The summed E-state index contributed by atoms with van der Waals surface area (Å²) in [5.41, 5.74) is 2.30. The summed E-state index contributed by atoms with van der Waals surface area (Å²) in [6.07, 6.45) is 4.17. The highest BCUT2D eigenvalue weighted by molar-refractivity contribution is 14.1. The van der Waals surface area contributed by atoms with Crippen LogP contribution in [0, 0.1) is 3.57 Å². The van der Waals surface area contributed by atoms with Gasteiger partial charge < -0.3 is 5.11 Å². The maximum absolute atomic E-state index is 12.1. The summed E-state index contributed by atoms with van der Waals surface area (Å²) in [6.45, 7) is 4.58. The zero-order valence-corrected chi connectivity index (χ0v) is 17.8. The minimum Gasteiger partial charge on any atom is -0.494 e. The maximum Gasteiger partial charge on any atom is 0.258 e. The molecule has 1 atom stereocenters. The van der Waals surface area contributed by atoms with Crippen molar-refractivity contribution in [3.63, 3.8) is 0 Å². The number of likely N-dealkylation sites (tertiary alicyclic amines) is 1. The molecule has 2 heterocycles. The summed E-state index contributed by atoms with van der Waals surface area (Å²) in [6, 6.07) is 14.1. The maximum atomic E-state index is 12.1. The molecular weight excluding hydrogens is 465 g/mol. The number of aliphatic imine (C=N–C) groups is 1. The first kappa shape index (κ1) is 19.1. The van der Waals surface area contributed by atoms with Crippen LogP contribution in [0.4, 0.5) is 5.69 Å². The molecule has 3 aromatic rings. The van der Waals surface area contributed by atoms with Gasteiger partial charge in [-0.25, -0.2) is 0 Å². The fourth-order valence-electron chi connectivity index (χ4n) is 3.76. The highest BCUT2D eigenvalue weighted by Gasteiger charge is 2.19. The van der Waals surface area contributed by atoms with Crippen LogP contribution in [0.25, 0.3) is 10.8 Å². The molecule has 1 aromatic heterocycles. The molecule has 4 rings (SSSR count). The Morgan fingerprint density at radius 1 is 1.14 bits per heavy atom. The van der Waals surface area contributed by atoms with E-state index >= 15 is 0 Å². The predicted octanol–water partition coefficient (Wildman–Crippen LogP) is 4.75. The lowest BCUT2D eigenvalue weighted by molar-refractivity contribution is 0.263. The van der Waals surface area contributed by atoms with Gasteiger partial charge in [-0.3, -0.25) is 19.7 Å². The molecule has 2 N–H and O–H groups in total. The smallest absolute Gasteiger partial charge is 0.258 e. The third-order valence-corrected chi connectivity index (χ3v) is 6.08. The molecule has 6 heteroatoms. The largest absolute Gasteiger partial charge is 0.494 e. The number of benzene rings is 2. The Morgan fingerprint density at radius 2 is 1.86 bits per heavy atom. The molecule has 2 aromatic carbocycles. The average molecular weight is 487 g/mol. The van der Waals surface area contributed by atoms with Crippen LogP contribution in [0.5, 0.6) is 5.88 Å². The second-order valence-corrected chi connectivity index (χ2v) is 8.42. The Bertz CT molecular complexity index is 1080. The lowest BCUT2D eigenvalue weighted by atomic mass is 10.1. The van der Waals surface area contributed by atoms with E-state index < -0.39 is 0 Å². The Labute approximate surface area is 177 Å². The Kier molecular flexibility index (Phi) is 5.50. The van der Waals surface area contributed by atoms with Crippen molar-refractivity contribution in [1.82, 2.24) is 9.88 Å². The number of aromatic hydroxyl groups is 1. The summed E-state index contributed by atoms with van der Waals surface area (Å²) in [5.74, 6) is -0.164. The second kappa shape index (κ2) is 8.05. The number of nitrogens with one attached hydrogen (secondary N) is 1. The van der Waals surface area contributed by atoms with Crippen LogP contribution in [0.2, 0.25) is 0 Å². The van der Waals surface area contributed by atoms with Crippen molar-refractivity contribution in [2.75, 3.05) is 13.1 Å². The fourth-order valence-corrected chi connectivity index (χ4v) is 4.25. The molecule has 1 saturated heterocycles. The van der Waals surface area contributed by atoms with Crippen molar-refractivity contribution < 1.29 is 5.11 Å². The van der Waals surface area contributed by atoms with Gasteiger partial charge in [0, 0.05) is 26.6 Å². The number of halogens is 1. The van der Waals surface area contributed by atoms with Gasteiger partial charge in [0.1, 0.15) is 0 Å². The van der Waals surface area contributed by atoms with Crippen LogP contribution in [-0.4, -0.2) is 34.3 Å². The number of pyridine rings is 1. The molecule has 1 unspecified atom stereocenters. The molecule has 0 saturated carbocycles. The standard InChI is InChI=1S/C22H22IN3O2/c1-14(26-10-2-3-11-26)15-4-7-17(8-5-15)24-13-20-19-12-16(23)6-9-18(19)21(27)25-22(20)28/h4-9,12-14H,2-3,10-11H2,1H3,(H2,25,27,28). The van der Waals surface area contributed by atoms with Crippen molar-refractivity contribution in [2.24, 2.45) is 4.99 Å². The predicted molar refractivity (Wildman–Crippen MR) is 122 cm³/mol. The van der Waals surface area contributed by atoms with Crippen LogP contribution in [0.15, 0.2) is 52.3 Å². The van der Waals surface area contributed by atoms with E-state index in [4.69, 9.17) is 0 Å². The molecule has 0 spiro atoms. The number of aromatic amines is 1. The number of nitrogens with zero attached hydrogens (tertiary/aromatic N) is 2. The first-order valence-corrected chi connectivity index (χ1v) is 10.5. The van der Waals surface area contributed by atoms with Gasteiger partial charge in [-0.1, -0.05) is 12.1 Å². The molecule has 28 heavy (non-hydrogen) atoms. The lowest BCUT2D eigenvalue weighted by Gasteiger charge is -2.24. The number of rotatable bonds is 4. The molecule has 5 nitrogen and oxygen atoms in total. The van der Waals surface area contributed by atoms with E-state index in [-0.39, 0.29) is 11.4 Å². The van der Waals surface area contributed by atoms with E-state index in [9.17, 15) is 9.90 Å². The first-order valence-electron chi connectivity index (χ1n) is 9.45. The number of aromatic nitrogens is 1. The van der Waals surface area contributed by atoms with Crippen molar-refractivity contribution >= 4 is 45.3 Å². The first-order chi connectivity index (χ1) is 13.5. The van der Waals surface area contributed by atoms with E-state index in [0.717, 1.165) is 9.26 Å². The van der Waals surface area contributed by atoms with Crippen LogP contribution in [-0.2, 0) is 0 Å². The fraction of sp³-hybridized carbons (Fsp3) is 0.273. The number of fused-ring (bicyclic) bond motifs is 1. The molecule has 1 aliphatic rings. The minimum atomic E-state index is -0.304. The van der Waals surface area contributed by atoms with Crippen LogP contribution >= 0.6 is 22.6 Å². The highest BCUT2D eigenvalue weighted by atomic mass is 127. The second-order valence-electron chi connectivity index (χ2n) is 7.18. The van der Waals surface area contributed by atoms with Gasteiger partial charge in [-0.05, 0) is 91.3 Å². The van der Waals surface area contributed by atoms with E-state index in [0.29, 0.717) is 22.4 Å². The average Bonchev–Trinajstić information content (AvgIpc) is 3.22. The third kappa shape index (κ3) is 3.84. The Balaban J connectivity index is 1.62. The molecule has 1 aliphatic heterocycles. The minimum absolute atomic E-state index is 0.164. The van der Waals surface area contributed by atoms with Crippen molar-refractivity contribution in [3.8, 4) is 5.88 Å². The van der Waals surface area contributed by atoms with E-state index in [1.54, 1.807) is 12.3 Å². The molecule has 0 bridgehead atoms. The van der Waals surface area contributed by atoms with Gasteiger partial charge in [0.05, 0.1) is 11.3 Å². The SMILES string of the molecule is CC(c1ccc(N=Cc2c(O)[nH]c(=O)c3ccc(I)cc23)cc1)N1CCCC1. The monoisotopic (exact) mass is 487 g/mol. The summed E-state index contributed by atoms with van der Waals surface area (Å²) < 4.78 is 0.991.